The Morgan fingerprint density at radius 1 is 1.54 bits per heavy atom. The molecule has 0 bridgehead atoms. The van der Waals surface area contributed by atoms with Gasteiger partial charge in [-0.3, -0.25) is 0 Å². The topological polar surface area (TPSA) is 17.1 Å². The van der Waals surface area contributed by atoms with E-state index in [2.05, 4.69) is 12.2 Å². The van der Waals surface area contributed by atoms with Gasteiger partial charge in [0.15, 0.2) is 0 Å². The van der Waals surface area contributed by atoms with Crippen molar-refractivity contribution in [1.29, 1.82) is 0 Å². The van der Waals surface area contributed by atoms with Crippen molar-refractivity contribution in [3.8, 4) is 0 Å². The molecule has 1 aromatic rings. The first-order chi connectivity index (χ1) is 6.36. The van der Waals surface area contributed by atoms with Crippen LogP contribution in [0.5, 0.6) is 0 Å². The molecule has 0 amide bonds. The minimum absolute atomic E-state index is 0.00829. The molecule has 0 aliphatic heterocycles. The molecule has 0 aromatic carbocycles. The molecule has 0 saturated carbocycles. The maximum absolute atomic E-state index is 11.6. The number of hydrogen-bond donors (Lipinski definition) is 0. The summed E-state index contributed by atoms with van der Waals surface area (Å²) in [5, 5.41) is 1.95. The zero-order valence-electron chi connectivity index (χ0n) is 6.90. The second-order valence-corrected chi connectivity index (χ2v) is 5.89. The van der Waals surface area contributed by atoms with E-state index in [1.54, 1.807) is 0 Å². The van der Waals surface area contributed by atoms with Gasteiger partial charge >= 0.3 is 87.3 Å². The number of thiophene rings is 1. The van der Waals surface area contributed by atoms with Crippen LogP contribution in [0.1, 0.15) is 16.1 Å². The standard InChI is InChI=1S/C10H8OSSe/c11-10(9-6-3-7-12-9)13-8-4-1-2-5-8/h1-4,6-7H,5H2. The van der Waals surface area contributed by atoms with Crippen molar-refractivity contribution in [2.75, 3.05) is 0 Å². The molecule has 1 aromatic heterocycles. The molecule has 1 aliphatic rings. The fourth-order valence-electron chi connectivity index (χ4n) is 1.07. The molecule has 0 fully saturated rings. The molecule has 3 heteroatoms. The van der Waals surface area contributed by atoms with Gasteiger partial charge in [0.2, 0.25) is 0 Å². The first-order valence-electron chi connectivity index (χ1n) is 3.97. The first kappa shape index (κ1) is 8.95. The van der Waals surface area contributed by atoms with Gasteiger partial charge in [-0.05, 0) is 0 Å². The molecule has 0 unspecified atom stereocenters. The third-order valence-electron chi connectivity index (χ3n) is 1.68. The second kappa shape index (κ2) is 4.05. The third-order valence-corrected chi connectivity index (χ3v) is 4.88. The van der Waals surface area contributed by atoms with Crippen LogP contribution in [0.25, 0.3) is 0 Å². The Morgan fingerprint density at radius 2 is 2.46 bits per heavy atom. The molecule has 66 valence electrons. The fourth-order valence-corrected chi connectivity index (χ4v) is 3.68. The summed E-state index contributed by atoms with van der Waals surface area (Å²) in [6.45, 7) is 0. The van der Waals surface area contributed by atoms with Crippen LogP contribution < -0.4 is 0 Å². The predicted molar refractivity (Wildman–Crippen MR) is 56.2 cm³/mol. The average Bonchev–Trinajstić information content (AvgIpc) is 2.74. The van der Waals surface area contributed by atoms with E-state index in [1.165, 1.54) is 15.8 Å². The minimum atomic E-state index is 0.00829. The Hall–Kier alpha value is -0.631. The number of allylic oxidation sites excluding steroid dienone is 4. The number of rotatable bonds is 3. The van der Waals surface area contributed by atoms with Crippen LogP contribution in [-0.2, 0) is 0 Å². The van der Waals surface area contributed by atoms with E-state index in [-0.39, 0.29) is 15.0 Å². The molecule has 0 N–H and O–H groups in total. The third kappa shape index (κ3) is 2.19. The Kier molecular flexibility index (Phi) is 2.79. The van der Waals surface area contributed by atoms with E-state index in [1.807, 2.05) is 23.6 Å². The van der Waals surface area contributed by atoms with Crippen LogP contribution in [0.4, 0.5) is 0 Å². The number of hydrogen-bond acceptors (Lipinski definition) is 2. The van der Waals surface area contributed by atoms with E-state index in [9.17, 15) is 4.79 Å². The molecule has 0 spiro atoms. The second-order valence-electron chi connectivity index (χ2n) is 2.63. The van der Waals surface area contributed by atoms with Gasteiger partial charge < -0.3 is 0 Å². The molecule has 1 nitrogen and oxygen atoms in total. The molecular formula is C10H8OSSe. The van der Waals surface area contributed by atoms with E-state index in [0.29, 0.717) is 4.68 Å². The van der Waals surface area contributed by atoms with Crippen LogP contribution in [0, 0.1) is 0 Å². The zero-order chi connectivity index (χ0) is 9.10. The number of carbonyl (C=O) groups is 1. The van der Waals surface area contributed by atoms with Gasteiger partial charge in [-0.1, -0.05) is 0 Å². The van der Waals surface area contributed by atoms with E-state index in [4.69, 9.17) is 0 Å². The molecule has 0 saturated heterocycles. The average molecular weight is 255 g/mol. The van der Waals surface area contributed by atoms with Crippen molar-refractivity contribution in [2.24, 2.45) is 0 Å². The van der Waals surface area contributed by atoms with Crippen LogP contribution in [0.15, 0.2) is 40.2 Å². The molecule has 2 rings (SSSR count). The van der Waals surface area contributed by atoms with E-state index >= 15 is 0 Å². The quantitative estimate of drug-likeness (QED) is 0.758. The summed E-state index contributed by atoms with van der Waals surface area (Å²) in [7, 11) is 0. The van der Waals surface area contributed by atoms with Crippen LogP contribution in [0.3, 0.4) is 0 Å². The summed E-state index contributed by atoms with van der Waals surface area (Å²) in [5.41, 5.74) is 0. The van der Waals surface area contributed by atoms with Crippen molar-refractivity contribution in [3.63, 3.8) is 0 Å². The van der Waals surface area contributed by atoms with Gasteiger partial charge in [-0.15, -0.1) is 0 Å². The van der Waals surface area contributed by atoms with Crippen LogP contribution >= 0.6 is 11.3 Å². The summed E-state index contributed by atoms with van der Waals surface area (Å²) in [4.78, 5) is 12.5. The van der Waals surface area contributed by atoms with E-state index < -0.39 is 0 Å². The van der Waals surface area contributed by atoms with Crippen molar-refractivity contribution in [3.05, 3.63) is 45.1 Å². The Morgan fingerprint density at radius 3 is 3.08 bits per heavy atom. The Bertz CT molecular complexity index is 362. The molecule has 13 heavy (non-hydrogen) atoms. The monoisotopic (exact) mass is 256 g/mol. The van der Waals surface area contributed by atoms with Gasteiger partial charge in [0.1, 0.15) is 0 Å². The molecule has 0 atom stereocenters. The molecular weight excluding hydrogens is 247 g/mol. The summed E-state index contributed by atoms with van der Waals surface area (Å²) >= 11 is 1.54. The summed E-state index contributed by atoms with van der Waals surface area (Å²) in [5.74, 6) is 0. The van der Waals surface area contributed by atoms with Gasteiger partial charge in [0.05, 0.1) is 0 Å². The molecule has 1 heterocycles. The Balaban J connectivity index is 2.00. The zero-order valence-corrected chi connectivity index (χ0v) is 9.43. The van der Waals surface area contributed by atoms with Gasteiger partial charge in [0.25, 0.3) is 0 Å². The summed E-state index contributed by atoms with van der Waals surface area (Å²) in [6, 6.07) is 3.83. The van der Waals surface area contributed by atoms with Gasteiger partial charge in [-0.25, -0.2) is 0 Å². The summed E-state index contributed by atoms with van der Waals surface area (Å²) < 4.78 is 1.59. The van der Waals surface area contributed by atoms with Crippen LogP contribution in [0.2, 0.25) is 0 Å². The molecule has 0 radical (unpaired) electrons. The summed E-state index contributed by atoms with van der Waals surface area (Å²) in [6.07, 6.45) is 7.15. The van der Waals surface area contributed by atoms with Gasteiger partial charge in [0, 0.05) is 0 Å². The van der Waals surface area contributed by atoms with Crippen molar-refractivity contribution < 1.29 is 4.79 Å². The van der Waals surface area contributed by atoms with Gasteiger partial charge in [-0.2, -0.15) is 0 Å². The van der Waals surface area contributed by atoms with Crippen molar-refractivity contribution >= 4 is 31.0 Å². The predicted octanol–water partition coefficient (Wildman–Crippen LogP) is 2.44. The SMILES string of the molecule is O=C([Se]C1=CC=CC1)c1cccs1. The fraction of sp³-hybridized carbons (Fsp3) is 0.100. The van der Waals surface area contributed by atoms with E-state index in [0.717, 1.165) is 11.3 Å². The van der Waals surface area contributed by atoms with Crippen molar-refractivity contribution in [2.45, 2.75) is 6.42 Å². The number of carbonyl (C=O) groups excluding carboxylic acids is 1. The first-order valence-corrected chi connectivity index (χ1v) is 6.57. The molecule has 1 aliphatic carbocycles. The normalized spacial score (nSPS) is 14.6. The van der Waals surface area contributed by atoms with Crippen LogP contribution in [-0.4, -0.2) is 19.6 Å². The Labute approximate surface area is 87.3 Å². The maximum atomic E-state index is 11.6. The van der Waals surface area contributed by atoms with Crippen molar-refractivity contribution in [1.82, 2.24) is 0 Å².